The lowest BCUT2D eigenvalue weighted by molar-refractivity contribution is 0.329. The normalized spacial score (nSPS) is 29.8. The van der Waals surface area contributed by atoms with Crippen molar-refractivity contribution in [3.05, 3.63) is 23.7 Å². The van der Waals surface area contributed by atoms with Gasteiger partial charge in [0.15, 0.2) is 0 Å². The monoisotopic (exact) mass is 248 g/mol. The summed E-state index contributed by atoms with van der Waals surface area (Å²) in [6.45, 7) is 2.47. The van der Waals surface area contributed by atoms with Gasteiger partial charge in [0.1, 0.15) is 5.76 Å². The summed E-state index contributed by atoms with van der Waals surface area (Å²) in [4.78, 5) is 2.45. The molecule has 0 spiro atoms. The van der Waals surface area contributed by atoms with Gasteiger partial charge in [0.2, 0.25) is 0 Å². The standard InChI is InChI=1S/C15H24N2O/c1-17-9-3-4-12(7-10-17)16-14-5-2-6-15-13(14)8-11-18-15/h8,11-12,14,16H,2-7,9-10H2,1H3. The molecule has 1 aromatic rings. The van der Waals surface area contributed by atoms with E-state index in [1.165, 1.54) is 56.5 Å². The smallest absolute Gasteiger partial charge is 0.108 e. The molecule has 1 fully saturated rings. The fraction of sp³-hybridized carbons (Fsp3) is 0.733. The highest BCUT2D eigenvalue weighted by Gasteiger charge is 2.25. The molecule has 100 valence electrons. The van der Waals surface area contributed by atoms with Crippen LogP contribution in [0.3, 0.4) is 0 Å². The van der Waals surface area contributed by atoms with Gasteiger partial charge in [-0.15, -0.1) is 0 Å². The van der Waals surface area contributed by atoms with E-state index in [2.05, 4.69) is 23.3 Å². The summed E-state index contributed by atoms with van der Waals surface area (Å²) in [6, 6.07) is 3.37. The summed E-state index contributed by atoms with van der Waals surface area (Å²) in [7, 11) is 2.23. The molecule has 0 amide bonds. The molecule has 3 heteroatoms. The van der Waals surface area contributed by atoms with Crippen LogP contribution in [0.1, 0.15) is 49.5 Å². The molecule has 1 N–H and O–H groups in total. The highest BCUT2D eigenvalue weighted by molar-refractivity contribution is 5.24. The molecule has 1 saturated heterocycles. The van der Waals surface area contributed by atoms with Gasteiger partial charge >= 0.3 is 0 Å². The molecule has 2 heterocycles. The topological polar surface area (TPSA) is 28.4 Å². The highest BCUT2D eigenvalue weighted by Crippen LogP contribution is 2.31. The van der Waals surface area contributed by atoms with E-state index in [1.807, 2.05) is 6.26 Å². The number of nitrogens with zero attached hydrogens (tertiary/aromatic N) is 1. The quantitative estimate of drug-likeness (QED) is 0.872. The predicted molar refractivity (Wildman–Crippen MR) is 72.7 cm³/mol. The van der Waals surface area contributed by atoms with E-state index in [1.54, 1.807) is 0 Å². The zero-order valence-electron chi connectivity index (χ0n) is 11.3. The molecule has 3 rings (SSSR count). The summed E-state index contributed by atoms with van der Waals surface area (Å²) in [5.74, 6) is 1.21. The van der Waals surface area contributed by atoms with Gasteiger partial charge in [-0.1, -0.05) is 0 Å². The van der Waals surface area contributed by atoms with E-state index < -0.39 is 0 Å². The Morgan fingerprint density at radius 3 is 3.11 bits per heavy atom. The number of furan rings is 1. The van der Waals surface area contributed by atoms with Gasteiger partial charge in [-0.2, -0.15) is 0 Å². The van der Waals surface area contributed by atoms with Gasteiger partial charge < -0.3 is 14.6 Å². The molecular weight excluding hydrogens is 224 g/mol. The fourth-order valence-corrected chi connectivity index (χ4v) is 3.35. The van der Waals surface area contributed by atoms with Crippen molar-refractivity contribution in [1.29, 1.82) is 0 Å². The molecule has 1 aliphatic heterocycles. The third kappa shape index (κ3) is 2.62. The number of nitrogens with one attached hydrogen (secondary N) is 1. The second-order valence-corrected chi connectivity index (χ2v) is 5.84. The van der Waals surface area contributed by atoms with Crippen LogP contribution >= 0.6 is 0 Å². The average molecular weight is 248 g/mol. The summed E-state index contributed by atoms with van der Waals surface area (Å²) in [6.07, 6.45) is 9.40. The first-order valence-corrected chi connectivity index (χ1v) is 7.34. The van der Waals surface area contributed by atoms with E-state index >= 15 is 0 Å². The summed E-state index contributed by atoms with van der Waals surface area (Å²) in [5.41, 5.74) is 1.42. The van der Waals surface area contributed by atoms with Crippen LogP contribution in [0.2, 0.25) is 0 Å². The molecule has 0 aromatic carbocycles. The predicted octanol–water partition coefficient (Wildman–Crippen LogP) is 2.73. The Kier molecular flexibility index (Phi) is 3.71. The molecule has 3 nitrogen and oxygen atoms in total. The lowest BCUT2D eigenvalue weighted by Gasteiger charge is -2.27. The Morgan fingerprint density at radius 1 is 1.22 bits per heavy atom. The van der Waals surface area contributed by atoms with E-state index in [0.717, 1.165) is 6.42 Å². The van der Waals surface area contributed by atoms with Crippen LogP contribution in [0.25, 0.3) is 0 Å². The Balaban J connectivity index is 1.63. The Morgan fingerprint density at radius 2 is 2.17 bits per heavy atom. The molecule has 1 aromatic heterocycles. The van der Waals surface area contributed by atoms with E-state index in [0.29, 0.717) is 12.1 Å². The molecule has 18 heavy (non-hydrogen) atoms. The SMILES string of the molecule is CN1CCCC(NC2CCCc3occc32)CC1. The highest BCUT2D eigenvalue weighted by atomic mass is 16.3. The molecule has 0 radical (unpaired) electrons. The van der Waals surface area contributed by atoms with Crippen LogP contribution in [0, 0.1) is 0 Å². The van der Waals surface area contributed by atoms with Gasteiger partial charge in [0.05, 0.1) is 6.26 Å². The van der Waals surface area contributed by atoms with E-state index in [-0.39, 0.29) is 0 Å². The van der Waals surface area contributed by atoms with Crippen LogP contribution in [0.4, 0.5) is 0 Å². The lowest BCUT2D eigenvalue weighted by atomic mass is 9.92. The zero-order valence-corrected chi connectivity index (χ0v) is 11.3. The zero-order chi connectivity index (χ0) is 12.4. The maximum absolute atomic E-state index is 5.57. The summed E-state index contributed by atoms with van der Waals surface area (Å²) in [5, 5.41) is 3.87. The van der Waals surface area contributed by atoms with Gasteiger partial charge in [0, 0.05) is 24.1 Å². The Hall–Kier alpha value is -0.800. The molecular formula is C15H24N2O. The summed E-state index contributed by atoms with van der Waals surface area (Å²) >= 11 is 0. The molecule has 0 bridgehead atoms. The molecule has 0 saturated carbocycles. The van der Waals surface area contributed by atoms with Crippen LogP contribution < -0.4 is 5.32 Å². The van der Waals surface area contributed by atoms with Crippen molar-refractivity contribution in [2.45, 2.75) is 50.6 Å². The minimum absolute atomic E-state index is 0.529. The fourth-order valence-electron chi connectivity index (χ4n) is 3.35. The molecule has 1 aliphatic carbocycles. The van der Waals surface area contributed by atoms with E-state index in [9.17, 15) is 0 Å². The van der Waals surface area contributed by atoms with Crippen LogP contribution in [-0.4, -0.2) is 31.1 Å². The van der Waals surface area contributed by atoms with Crippen LogP contribution in [-0.2, 0) is 6.42 Å². The number of fused-ring (bicyclic) bond motifs is 1. The van der Waals surface area contributed by atoms with Crippen molar-refractivity contribution in [3.8, 4) is 0 Å². The summed E-state index contributed by atoms with van der Waals surface area (Å²) < 4.78 is 5.57. The third-order valence-electron chi connectivity index (χ3n) is 4.44. The number of aryl methyl sites for hydroxylation is 1. The number of hydrogen-bond donors (Lipinski definition) is 1. The maximum Gasteiger partial charge on any atom is 0.108 e. The second-order valence-electron chi connectivity index (χ2n) is 5.84. The van der Waals surface area contributed by atoms with Crippen molar-refractivity contribution in [1.82, 2.24) is 10.2 Å². The number of rotatable bonds is 2. The van der Waals surface area contributed by atoms with Gasteiger partial charge in [-0.3, -0.25) is 0 Å². The average Bonchev–Trinajstić information content (AvgIpc) is 2.76. The van der Waals surface area contributed by atoms with Crippen LogP contribution in [0.5, 0.6) is 0 Å². The maximum atomic E-state index is 5.57. The van der Waals surface area contributed by atoms with Crippen molar-refractivity contribution in [2.75, 3.05) is 20.1 Å². The van der Waals surface area contributed by atoms with Gasteiger partial charge in [0.25, 0.3) is 0 Å². The van der Waals surface area contributed by atoms with Crippen LogP contribution in [0.15, 0.2) is 16.7 Å². The van der Waals surface area contributed by atoms with Crippen molar-refractivity contribution in [3.63, 3.8) is 0 Å². The van der Waals surface area contributed by atoms with Crippen molar-refractivity contribution in [2.24, 2.45) is 0 Å². The Bertz CT molecular complexity index is 388. The van der Waals surface area contributed by atoms with Gasteiger partial charge in [-0.25, -0.2) is 0 Å². The van der Waals surface area contributed by atoms with Gasteiger partial charge in [-0.05, 0) is 58.3 Å². The molecule has 2 unspecified atom stereocenters. The first kappa shape index (κ1) is 12.2. The largest absolute Gasteiger partial charge is 0.469 e. The van der Waals surface area contributed by atoms with Crippen molar-refractivity contribution < 1.29 is 4.42 Å². The first-order valence-electron chi connectivity index (χ1n) is 7.34. The molecule has 2 atom stereocenters. The second kappa shape index (κ2) is 5.45. The van der Waals surface area contributed by atoms with E-state index in [4.69, 9.17) is 4.42 Å². The number of likely N-dealkylation sites (tertiary alicyclic amines) is 1. The minimum atomic E-state index is 0.529. The third-order valence-corrected chi connectivity index (χ3v) is 4.44. The van der Waals surface area contributed by atoms with Crippen molar-refractivity contribution >= 4 is 0 Å². The number of hydrogen-bond acceptors (Lipinski definition) is 3. The first-order chi connectivity index (χ1) is 8.83. The lowest BCUT2D eigenvalue weighted by Crippen LogP contribution is -2.35. The minimum Gasteiger partial charge on any atom is -0.469 e. The molecule has 2 aliphatic rings. The Labute approximate surface area is 110 Å².